The summed E-state index contributed by atoms with van der Waals surface area (Å²) in [5.74, 6) is -0.142. The molecule has 0 aliphatic heterocycles. The molecule has 0 radical (unpaired) electrons. The Kier molecular flexibility index (Phi) is 5.40. The van der Waals surface area contributed by atoms with Crippen LogP contribution in [-0.4, -0.2) is 26.0 Å². The predicted octanol–water partition coefficient (Wildman–Crippen LogP) is 4.27. The molecule has 0 saturated carbocycles. The summed E-state index contributed by atoms with van der Waals surface area (Å²) in [6.45, 7) is 0. The monoisotopic (exact) mass is 417 g/mol. The molecular formula is C22H15N3O4S. The van der Waals surface area contributed by atoms with Crippen LogP contribution in [0, 0.1) is 10.1 Å². The molecule has 0 aliphatic carbocycles. The van der Waals surface area contributed by atoms with E-state index < -0.39 is 10.6 Å². The molecule has 0 amide bonds. The fourth-order valence-electron chi connectivity index (χ4n) is 3.07. The molecule has 0 spiro atoms. The zero-order valence-corrected chi connectivity index (χ0v) is 16.4. The van der Waals surface area contributed by atoms with E-state index in [1.807, 2.05) is 54.6 Å². The maximum atomic E-state index is 12.8. The SMILES string of the molecule is O=C(CSc1nc(=O)n(-c2ccccc2)c2ccccc12)c1ccc([N+](=O)[O-])cc1. The van der Waals surface area contributed by atoms with Gasteiger partial charge in [0.1, 0.15) is 5.03 Å². The topological polar surface area (TPSA) is 95.1 Å². The van der Waals surface area contributed by atoms with Crippen molar-refractivity contribution in [2.45, 2.75) is 5.03 Å². The normalized spacial score (nSPS) is 10.8. The second-order valence-corrected chi connectivity index (χ2v) is 7.37. The molecule has 30 heavy (non-hydrogen) atoms. The molecule has 0 aliphatic rings. The Bertz CT molecular complexity index is 1300. The van der Waals surface area contributed by atoms with Gasteiger partial charge >= 0.3 is 5.69 Å². The zero-order chi connectivity index (χ0) is 21.1. The summed E-state index contributed by atoms with van der Waals surface area (Å²) < 4.78 is 1.54. The molecule has 0 saturated heterocycles. The van der Waals surface area contributed by atoms with E-state index in [1.165, 1.54) is 40.6 Å². The number of Topliss-reactive ketones (excluding diaryl/α,β-unsaturated/α-hetero) is 1. The molecule has 148 valence electrons. The van der Waals surface area contributed by atoms with Crippen LogP contribution in [0.5, 0.6) is 0 Å². The highest BCUT2D eigenvalue weighted by atomic mass is 32.2. The smallest absolute Gasteiger partial charge is 0.293 e. The van der Waals surface area contributed by atoms with Gasteiger partial charge in [0.15, 0.2) is 5.78 Å². The average Bonchev–Trinajstić information content (AvgIpc) is 2.78. The molecule has 4 aromatic rings. The van der Waals surface area contributed by atoms with Gasteiger partial charge in [0.25, 0.3) is 5.69 Å². The number of benzene rings is 3. The number of hydrogen-bond acceptors (Lipinski definition) is 6. The van der Waals surface area contributed by atoms with Crippen LogP contribution in [0.25, 0.3) is 16.6 Å². The fraction of sp³-hybridized carbons (Fsp3) is 0.0455. The first-order valence-electron chi connectivity index (χ1n) is 9.02. The molecule has 1 heterocycles. The number of nitrogens with zero attached hydrogens (tertiary/aromatic N) is 3. The minimum Gasteiger partial charge on any atom is -0.293 e. The zero-order valence-electron chi connectivity index (χ0n) is 15.6. The molecule has 0 N–H and O–H groups in total. The largest absolute Gasteiger partial charge is 0.353 e. The Labute approximate surface area is 175 Å². The highest BCUT2D eigenvalue weighted by molar-refractivity contribution is 8.00. The van der Waals surface area contributed by atoms with Gasteiger partial charge in [-0.2, -0.15) is 4.98 Å². The van der Waals surface area contributed by atoms with E-state index >= 15 is 0 Å². The predicted molar refractivity (Wildman–Crippen MR) is 115 cm³/mol. The van der Waals surface area contributed by atoms with Crippen molar-refractivity contribution in [1.82, 2.24) is 9.55 Å². The molecular weight excluding hydrogens is 402 g/mol. The molecule has 4 rings (SSSR count). The van der Waals surface area contributed by atoms with Crippen molar-refractivity contribution < 1.29 is 9.72 Å². The molecule has 0 atom stereocenters. The van der Waals surface area contributed by atoms with Crippen LogP contribution in [0.15, 0.2) is 88.7 Å². The lowest BCUT2D eigenvalue weighted by Gasteiger charge is -2.12. The molecule has 0 bridgehead atoms. The number of non-ortho nitro benzene ring substituents is 1. The Hall–Kier alpha value is -3.78. The number of para-hydroxylation sites is 2. The van der Waals surface area contributed by atoms with Crippen LogP contribution in [0.3, 0.4) is 0 Å². The fourth-order valence-corrected chi connectivity index (χ4v) is 3.98. The van der Waals surface area contributed by atoms with Gasteiger partial charge in [-0.15, -0.1) is 0 Å². The Morgan fingerprint density at radius 1 is 0.967 bits per heavy atom. The standard InChI is InChI=1S/C22H15N3O4S/c26-20(15-10-12-17(13-11-15)25(28)29)14-30-21-18-8-4-5-9-19(18)24(22(27)23-21)16-6-2-1-3-7-16/h1-13H,14H2. The quantitative estimate of drug-likeness (QED) is 0.153. The summed E-state index contributed by atoms with van der Waals surface area (Å²) in [5, 5.41) is 12.0. The first kappa shape index (κ1) is 19.5. The van der Waals surface area contributed by atoms with E-state index in [0.717, 1.165) is 5.39 Å². The maximum Gasteiger partial charge on any atom is 0.353 e. The number of hydrogen-bond donors (Lipinski definition) is 0. The molecule has 8 heteroatoms. The lowest BCUT2D eigenvalue weighted by molar-refractivity contribution is -0.384. The van der Waals surface area contributed by atoms with Gasteiger partial charge in [-0.3, -0.25) is 19.5 Å². The summed E-state index contributed by atoms with van der Waals surface area (Å²) in [4.78, 5) is 39.7. The number of carbonyl (C=O) groups excluding carboxylic acids is 1. The van der Waals surface area contributed by atoms with E-state index in [1.54, 1.807) is 0 Å². The summed E-state index contributed by atoms with van der Waals surface area (Å²) in [5.41, 5.74) is 1.29. The van der Waals surface area contributed by atoms with E-state index in [-0.39, 0.29) is 17.2 Å². The molecule has 0 unspecified atom stereocenters. The highest BCUT2D eigenvalue weighted by Crippen LogP contribution is 2.26. The van der Waals surface area contributed by atoms with E-state index in [0.29, 0.717) is 21.8 Å². The van der Waals surface area contributed by atoms with Crippen LogP contribution in [-0.2, 0) is 0 Å². The summed E-state index contributed by atoms with van der Waals surface area (Å²) in [7, 11) is 0. The van der Waals surface area contributed by atoms with Gasteiger partial charge < -0.3 is 0 Å². The lowest BCUT2D eigenvalue weighted by Crippen LogP contribution is -2.22. The van der Waals surface area contributed by atoms with Gasteiger partial charge in [-0.05, 0) is 30.3 Å². The number of thioether (sulfide) groups is 1. The van der Waals surface area contributed by atoms with Gasteiger partial charge in [-0.1, -0.05) is 48.2 Å². The van der Waals surface area contributed by atoms with Crippen molar-refractivity contribution >= 4 is 34.1 Å². The molecule has 3 aromatic carbocycles. The second kappa shape index (κ2) is 8.30. The van der Waals surface area contributed by atoms with E-state index in [2.05, 4.69) is 4.98 Å². The number of fused-ring (bicyclic) bond motifs is 1. The van der Waals surface area contributed by atoms with Gasteiger partial charge in [-0.25, -0.2) is 4.79 Å². The third-order valence-corrected chi connectivity index (χ3v) is 5.51. The minimum absolute atomic E-state index is 0.0591. The van der Waals surface area contributed by atoms with Crippen LogP contribution < -0.4 is 5.69 Å². The Morgan fingerprint density at radius 3 is 2.33 bits per heavy atom. The van der Waals surface area contributed by atoms with Gasteiger partial charge in [0.2, 0.25) is 0 Å². The van der Waals surface area contributed by atoms with Crippen molar-refractivity contribution in [1.29, 1.82) is 0 Å². The number of rotatable bonds is 6. The number of aromatic nitrogens is 2. The summed E-state index contributed by atoms with van der Waals surface area (Å²) in [6, 6.07) is 22.1. The molecule has 0 fully saturated rings. The second-order valence-electron chi connectivity index (χ2n) is 6.40. The first-order chi connectivity index (χ1) is 14.5. The number of nitro benzene ring substituents is 1. The van der Waals surface area contributed by atoms with Crippen molar-refractivity contribution in [3.63, 3.8) is 0 Å². The van der Waals surface area contributed by atoms with Gasteiger partial charge in [0, 0.05) is 23.1 Å². The van der Waals surface area contributed by atoms with Crippen molar-refractivity contribution in [3.05, 3.63) is 105 Å². The Balaban J connectivity index is 1.65. The first-order valence-corrected chi connectivity index (χ1v) is 10.0. The highest BCUT2D eigenvalue weighted by Gasteiger charge is 2.15. The van der Waals surface area contributed by atoms with Crippen LogP contribution in [0.2, 0.25) is 0 Å². The lowest BCUT2D eigenvalue weighted by atomic mass is 10.1. The van der Waals surface area contributed by atoms with Crippen LogP contribution in [0.1, 0.15) is 10.4 Å². The van der Waals surface area contributed by atoms with Crippen LogP contribution >= 0.6 is 11.8 Å². The summed E-state index contributed by atoms with van der Waals surface area (Å²) >= 11 is 1.17. The molecule has 7 nitrogen and oxygen atoms in total. The van der Waals surface area contributed by atoms with E-state index in [4.69, 9.17) is 0 Å². The van der Waals surface area contributed by atoms with Crippen molar-refractivity contribution in [2.24, 2.45) is 0 Å². The summed E-state index contributed by atoms with van der Waals surface area (Å²) in [6.07, 6.45) is 0. The average molecular weight is 417 g/mol. The van der Waals surface area contributed by atoms with Crippen molar-refractivity contribution in [2.75, 3.05) is 5.75 Å². The Morgan fingerprint density at radius 2 is 1.63 bits per heavy atom. The van der Waals surface area contributed by atoms with Gasteiger partial charge in [0.05, 0.1) is 21.9 Å². The third-order valence-electron chi connectivity index (χ3n) is 4.52. The molecule has 1 aromatic heterocycles. The third kappa shape index (κ3) is 3.85. The van der Waals surface area contributed by atoms with Crippen LogP contribution in [0.4, 0.5) is 5.69 Å². The number of carbonyl (C=O) groups is 1. The number of nitro groups is 1. The minimum atomic E-state index is -0.513. The van der Waals surface area contributed by atoms with Crippen molar-refractivity contribution in [3.8, 4) is 5.69 Å². The maximum absolute atomic E-state index is 12.8. The number of ketones is 1. The van der Waals surface area contributed by atoms with E-state index in [9.17, 15) is 19.7 Å².